The molecule has 0 aromatic carbocycles. The third kappa shape index (κ3) is 6.29. The van der Waals surface area contributed by atoms with Gasteiger partial charge in [0.1, 0.15) is 34.2 Å². The molecule has 2 atom stereocenters. The van der Waals surface area contributed by atoms with Crippen LogP contribution in [0.3, 0.4) is 0 Å². The number of oxime groups is 1. The van der Waals surface area contributed by atoms with Crippen LogP contribution in [0.15, 0.2) is 34.0 Å². The van der Waals surface area contributed by atoms with Crippen molar-refractivity contribution in [2.75, 3.05) is 23.8 Å². The van der Waals surface area contributed by atoms with Gasteiger partial charge in [0.05, 0.1) is 0 Å². The number of hydrogen-bond acceptors (Lipinski definition) is 11. The highest BCUT2D eigenvalue weighted by atomic mass is 32.2. The number of carboxylic acid groups (broad SMARTS) is 1. The number of carbonyl (C=O) groups excluding carboxylic acids is 3. The van der Waals surface area contributed by atoms with Gasteiger partial charge in [-0.15, -0.1) is 23.5 Å². The second-order valence-electron chi connectivity index (χ2n) is 8.62. The van der Waals surface area contributed by atoms with E-state index in [1.165, 1.54) is 40.6 Å². The predicted molar refractivity (Wildman–Crippen MR) is 135 cm³/mol. The summed E-state index contributed by atoms with van der Waals surface area (Å²) < 4.78 is 5.15. The number of thioether (sulfide) groups is 2. The third-order valence-corrected chi connectivity index (χ3v) is 7.17. The van der Waals surface area contributed by atoms with Gasteiger partial charge < -0.3 is 25.7 Å². The summed E-state index contributed by atoms with van der Waals surface area (Å²) in [7, 11) is 0. The number of nitrogens with zero attached hydrogens (tertiary/aromatic N) is 3. The van der Waals surface area contributed by atoms with Crippen LogP contribution in [0.2, 0.25) is 0 Å². The van der Waals surface area contributed by atoms with E-state index in [4.69, 9.17) is 15.3 Å². The van der Waals surface area contributed by atoms with Crippen molar-refractivity contribution in [2.24, 2.45) is 5.16 Å². The molecular weight excluding hydrogens is 510 g/mol. The van der Waals surface area contributed by atoms with E-state index in [0.29, 0.717) is 16.4 Å². The third-order valence-electron chi connectivity index (χ3n) is 4.73. The Morgan fingerprint density at radius 1 is 1.36 bits per heavy atom. The van der Waals surface area contributed by atoms with Crippen molar-refractivity contribution in [3.8, 4) is 0 Å². The monoisotopic (exact) mass is 537 g/mol. The van der Waals surface area contributed by atoms with Gasteiger partial charge >= 0.3 is 11.9 Å². The summed E-state index contributed by atoms with van der Waals surface area (Å²) in [5, 5.41) is 15.4. The molecule has 1 fully saturated rings. The van der Waals surface area contributed by atoms with Gasteiger partial charge in [-0.1, -0.05) is 18.1 Å². The van der Waals surface area contributed by atoms with Gasteiger partial charge in [0.25, 0.3) is 11.8 Å². The summed E-state index contributed by atoms with van der Waals surface area (Å²) in [4.78, 5) is 60.7. The molecule has 0 radical (unpaired) electrons. The van der Waals surface area contributed by atoms with Gasteiger partial charge in [0.15, 0.2) is 5.71 Å². The van der Waals surface area contributed by atoms with E-state index in [-0.39, 0.29) is 22.9 Å². The van der Waals surface area contributed by atoms with Crippen LogP contribution in [0, 0.1) is 0 Å². The van der Waals surface area contributed by atoms with Gasteiger partial charge in [-0.05, 0) is 38.7 Å². The normalized spacial score (nSPS) is 19.8. The van der Waals surface area contributed by atoms with Crippen molar-refractivity contribution < 1.29 is 33.9 Å². The van der Waals surface area contributed by atoms with Crippen LogP contribution in [0.25, 0.3) is 0 Å². The minimum absolute atomic E-state index is 0.0596. The summed E-state index contributed by atoms with van der Waals surface area (Å²) in [6.45, 7) is 6.42. The van der Waals surface area contributed by atoms with Gasteiger partial charge in [0, 0.05) is 10.7 Å². The fraction of sp³-hybridized carbons (Fsp3) is 0.455. The summed E-state index contributed by atoms with van der Waals surface area (Å²) >= 11 is 2.72. The fourth-order valence-corrected chi connectivity index (χ4v) is 5.80. The van der Waals surface area contributed by atoms with Crippen LogP contribution in [0.1, 0.15) is 33.4 Å². The fourth-order valence-electron chi connectivity index (χ4n) is 3.39. The van der Waals surface area contributed by atoms with Crippen molar-refractivity contribution in [2.45, 2.75) is 44.7 Å². The first-order chi connectivity index (χ1) is 16.9. The molecule has 0 bridgehead atoms. The van der Waals surface area contributed by atoms with Crippen LogP contribution in [-0.2, 0) is 28.8 Å². The molecule has 2 aliphatic heterocycles. The van der Waals surface area contributed by atoms with Crippen LogP contribution in [0.5, 0.6) is 0 Å². The van der Waals surface area contributed by atoms with E-state index in [9.17, 15) is 24.3 Å². The standard InChI is InChI=1S/C22H27N5O7S2/c1-5-35-12-10-36-20-16(19(30)27(20)17(12)21(31)32)25-18(29)15(11-7-6-8-13(23)24-11)26-33-9-14(28)34-22(2,3)4/h6-8,16,20H,5,9-10H2,1-4H3,(H2,23,24)(H,25,29)(H,31,32)/b26-15+/t16?,20-/m1/s1. The number of fused-ring (bicyclic) bond motifs is 1. The molecule has 194 valence electrons. The predicted octanol–water partition coefficient (Wildman–Crippen LogP) is 1.18. The van der Waals surface area contributed by atoms with Gasteiger partial charge in [-0.3, -0.25) is 14.5 Å². The molecule has 1 saturated heterocycles. The van der Waals surface area contributed by atoms with E-state index in [1.807, 2.05) is 6.92 Å². The summed E-state index contributed by atoms with van der Waals surface area (Å²) in [6.07, 6.45) is 0. The quantitative estimate of drug-likeness (QED) is 0.179. The van der Waals surface area contributed by atoms with Crippen LogP contribution < -0.4 is 11.1 Å². The number of anilines is 1. The number of carboxylic acids is 1. The van der Waals surface area contributed by atoms with E-state index in [0.717, 1.165) is 0 Å². The Hall–Kier alpha value is -3.26. The molecule has 2 amide bonds. The van der Waals surface area contributed by atoms with Crippen LogP contribution in [0.4, 0.5) is 5.82 Å². The Labute approximate surface area is 216 Å². The number of carbonyl (C=O) groups is 4. The summed E-state index contributed by atoms with van der Waals surface area (Å²) in [5.41, 5.74) is 4.69. The SMILES string of the molecule is CCSC1=C(C(=O)O)N2C(=O)C(NC(=O)/C(=N/OCC(=O)OC(C)(C)C)c3cccc(N)n3)[C@H]2SC1. The zero-order valence-electron chi connectivity index (χ0n) is 20.1. The molecule has 36 heavy (non-hydrogen) atoms. The number of rotatable bonds is 9. The first kappa shape index (κ1) is 27.3. The molecule has 3 rings (SSSR count). The minimum Gasteiger partial charge on any atom is -0.477 e. The average molecular weight is 538 g/mol. The average Bonchev–Trinajstić information content (AvgIpc) is 2.78. The van der Waals surface area contributed by atoms with Crippen molar-refractivity contribution in [1.29, 1.82) is 0 Å². The molecule has 1 aromatic rings. The Morgan fingerprint density at radius 2 is 2.08 bits per heavy atom. The highest BCUT2D eigenvalue weighted by Crippen LogP contribution is 2.43. The molecule has 1 aromatic heterocycles. The van der Waals surface area contributed by atoms with E-state index < -0.39 is 47.4 Å². The van der Waals surface area contributed by atoms with Crippen molar-refractivity contribution in [3.63, 3.8) is 0 Å². The summed E-state index contributed by atoms with van der Waals surface area (Å²) in [5.74, 6) is -2.06. The van der Waals surface area contributed by atoms with Gasteiger partial charge in [-0.25, -0.2) is 14.6 Å². The Bertz CT molecular complexity index is 1130. The lowest BCUT2D eigenvalue weighted by atomic mass is 10.0. The van der Waals surface area contributed by atoms with Crippen molar-refractivity contribution in [3.05, 3.63) is 34.5 Å². The zero-order chi connectivity index (χ0) is 26.6. The number of amides is 2. The molecule has 0 saturated carbocycles. The molecule has 3 heterocycles. The van der Waals surface area contributed by atoms with Gasteiger partial charge in [0.2, 0.25) is 6.61 Å². The topological polar surface area (TPSA) is 174 Å². The number of ether oxygens (including phenoxy) is 1. The molecule has 2 aliphatic rings. The lowest BCUT2D eigenvalue weighted by molar-refractivity contribution is -0.160. The number of aliphatic carboxylic acids is 1. The number of nitrogen functional groups attached to an aromatic ring is 1. The molecule has 0 aliphatic carbocycles. The molecule has 1 unspecified atom stereocenters. The smallest absolute Gasteiger partial charge is 0.353 e. The number of pyridine rings is 1. The number of esters is 1. The number of nitrogens with two attached hydrogens (primary N) is 1. The van der Waals surface area contributed by atoms with Gasteiger partial charge in [-0.2, -0.15) is 0 Å². The molecule has 12 nitrogen and oxygen atoms in total. The first-order valence-corrected chi connectivity index (χ1v) is 13.0. The van der Waals surface area contributed by atoms with Crippen LogP contribution >= 0.6 is 23.5 Å². The van der Waals surface area contributed by atoms with E-state index in [2.05, 4.69) is 15.5 Å². The lowest BCUT2D eigenvalue weighted by Gasteiger charge is -2.49. The molecular formula is C22H27N5O7S2. The van der Waals surface area contributed by atoms with Crippen LogP contribution in [-0.4, -0.2) is 79.6 Å². The minimum atomic E-state index is -1.20. The Kier molecular flexibility index (Phi) is 8.51. The van der Waals surface area contributed by atoms with Crippen molar-refractivity contribution in [1.82, 2.24) is 15.2 Å². The number of hydrogen-bond donors (Lipinski definition) is 3. The van der Waals surface area contributed by atoms with E-state index >= 15 is 0 Å². The number of β-lactam (4-membered cyclic amide) rings is 1. The van der Waals surface area contributed by atoms with Crippen molar-refractivity contribution >= 4 is 58.8 Å². The number of aromatic nitrogens is 1. The highest BCUT2D eigenvalue weighted by molar-refractivity contribution is 8.06. The lowest BCUT2D eigenvalue weighted by Crippen LogP contribution is -2.71. The molecule has 4 N–H and O–H groups in total. The maximum absolute atomic E-state index is 13.1. The number of nitrogens with one attached hydrogen (secondary N) is 1. The summed E-state index contributed by atoms with van der Waals surface area (Å²) in [6, 6.07) is 3.55. The maximum atomic E-state index is 13.1. The second-order valence-corrected chi connectivity index (χ2v) is 11.1. The zero-order valence-corrected chi connectivity index (χ0v) is 21.8. The molecule has 14 heteroatoms. The largest absolute Gasteiger partial charge is 0.477 e. The Morgan fingerprint density at radius 3 is 2.69 bits per heavy atom. The van der Waals surface area contributed by atoms with E-state index in [1.54, 1.807) is 26.8 Å². The second kappa shape index (κ2) is 11.2. The molecule has 0 spiro atoms. The highest BCUT2D eigenvalue weighted by Gasteiger charge is 2.54. The Balaban J connectivity index is 1.78. The maximum Gasteiger partial charge on any atom is 0.353 e. The first-order valence-electron chi connectivity index (χ1n) is 10.9.